The minimum atomic E-state index is 0.256. The first-order valence-electron chi connectivity index (χ1n) is 4.69. The molecule has 0 radical (unpaired) electrons. The Labute approximate surface area is 84.0 Å². The molecule has 1 aromatic carbocycles. The van der Waals surface area contributed by atoms with Gasteiger partial charge in [-0.2, -0.15) is 0 Å². The molecular formula is C12H19P. The zero-order valence-corrected chi connectivity index (χ0v) is 10.4. The van der Waals surface area contributed by atoms with E-state index in [2.05, 4.69) is 56.0 Å². The van der Waals surface area contributed by atoms with Crippen molar-refractivity contribution in [3.8, 4) is 0 Å². The van der Waals surface area contributed by atoms with Gasteiger partial charge in [0.15, 0.2) is 0 Å². The van der Waals surface area contributed by atoms with E-state index < -0.39 is 0 Å². The molecule has 0 spiro atoms. The molecule has 0 aliphatic heterocycles. The lowest BCUT2D eigenvalue weighted by molar-refractivity contribution is 0.582. The topological polar surface area (TPSA) is 0 Å². The van der Waals surface area contributed by atoms with Crippen LogP contribution in [0.4, 0.5) is 0 Å². The normalized spacial score (nSPS) is 11.8. The van der Waals surface area contributed by atoms with E-state index in [0.29, 0.717) is 0 Å². The summed E-state index contributed by atoms with van der Waals surface area (Å²) in [6.07, 6.45) is 0. The number of hydrogen-bond donors (Lipinski definition) is 0. The number of aryl methyl sites for hydroxylation is 2. The minimum Gasteiger partial charge on any atom is -0.106 e. The van der Waals surface area contributed by atoms with Crippen LogP contribution in [0.1, 0.15) is 37.5 Å². The highest BCUT2D eigenvalue weighted by molar-refractivity contribution is 7.27. The van der Waals surface area contributed by atoms with Crippen LogP contribution in [0.15, 0.2) is 12.1 Å². The van der Waals surface area contributed by atoms with Gasteiger partial charge in [-0.1, -0.05) is 32.9 Å². The SMILES string of the molecule is Cc1cc(P)cc(C)c1C(C)(C)C. The lowest BCUT2D eigenvalue weighted by Gasteiger charge is -2.24. The highest BCUT2D eigenvalue weighted by Crippen LogP contribution is 2.28. The molecule has 0 aromatic heterocycles. The van der Waals surface area contributed by atoms with E-state index in [-0.39, 0.29) is 5.41 Å². The molecule has 0 nitrogen and oxygen atoms in total. The van der Waals surface area contributed by atoms with Crippen molar-refractivity contribution in [2.75, 3.05) is 0 Å². The minimum absolute atomic E-state index is 0.256. The van der Waals surface area contributed by atoms with Crippen LogP contribution in [0.2, 0.25) is 0 Å². The first-order chi connectivity index (χ1) is 5.82. The largest absolute Gasteiger partial charge is 0.106 e. The summed E-state index contributed by atoms with van der Waals surface area (Å²) in [4.78, 5) is 0. The molecule has 0 aliphatic rings. The first-order valence-corrected chi connectivity index (χ1v) is 5.27. The zero-order valence-electron chi connectivity index (χ0n) is 9.23. The van der Waals surface area contributed by atoms with E-state index in [1.54, 1.807) is 0 Å². The third kappa shape index (κ3) is 2.31. The maximum atomic E-state index is 2.76. The average Bonchev–Trinajstić information content (AvgIpc) is 1.78. The predicted octanol–water partition coefficient (Wildman–Crippen LogP) is 3.10. The van der Waals surface area contributed by atoms with Gasteiger partial charge in [0.1, 0.15) is 0 Å². The van der Waals surface area contributed by atoms with Crippen molar-refractivity contribution in [1.82, 2.24) is 0 Å². The highest BCUT2D eigenvalue weighted by Gasteiger charge is 2.18. The maximum absolute atomic E-state index is 2.76. The lowest BCUT2D eigenvalue weighted by Crippen LogP contribution is -2.16. The van der Waals surface area contributed by atoms with Crippen LogP contribution in [0.25, 0.3) is 0 Å². The lowest BCUT2D eigenvalue weighted by atomic mass is 9.81. The van der Waals surface area contributed by atoms with Crippen molar-refractivity contribution in [2.45, 2.75) is 40.0 Å². The molecule has 0 saturated carbocycles. The molecule has 13 heavy (non-hydrogen) atoms. The molecule has 0 N–H and O–H groups in total. The van der Waals surface area contributed by atoms with Gasteiger partial charge >= 0.3 is 0 Å². The van der Waals surface area contributed by atoms with Gasteiger partial charge in [-0.3, -0.25) is 0 Å². The van der Waals surface area contributed by atoms with Gasteiger partial charge in [-0.15, -0.1) is 9.24 Å². The summed E-state index contributed by atoms with van der Waals surface area (Å²) in [6, 6.07) is 4.47. The summed E-state index contributed by atoms with van der Waals surface area (Å²) in [5.74, 6) is 0. The van der Waals surface area contributed by atoms with Gasteiger partial charge in [0.25, 0.3) is 0 Å². The Morgan fingerprint density at radius 3 is 1.69 bits per heavy atom. The fourth-order valence-corrected chi connectivity index (χ4v) is 2.68. The number of hydrogen-bond acceptors (Lipinski definition) is 0. The van der Waals surface area contributed by atoms with Crippen LogP contribution in [0.3, 0.4) is 0 Å². The molecule has 72 valence electrons. The fourth-order valence-electron chi connectivity index (χ4n) is 2.18. The average molecular weight is 194 g/mol. The van der Waals surface area contributed by atoms with Crippen LogP contribution >= 0.6 is 9.24 Å². The maximum Gasteiger partial charge on any atom is -0.0127 e. The molecule has 1 aromatic rings. The van der Waals surface area contributed by atoms with E-state index >= 15 is 0 Å². The second-order valence-corrected chi connectivity index (χ2v) is 5.45. The van der Waals surface area contributed by atoms with Crippen molar-refractivity contribution in [3.05, 3.63) is 28.8 Å². The molecular weight excluding hydrogens is 175 g/mol. The van der Waals surface area contributed by atoms with Crippen molar-refractivity contribution in [1.29, 1.82) is 0 Å². The summed E-state index contributed by atoms with van der Waals surface area (Å²) in [7, 11) is 2.76. The van der Waals surface area contributed by atoms with E-state index in [1.807, 2.05) is 0 Å². The summed E-state index contributed by atoms with van der Waals surface area (Å²) < 4.78 is 0. The van der Waals surface area contributed by atoms with E-state index in [1.165, 1.54) is 22.0 Å². The molecule has 0 bridgehead atoms. The van der Waals surface area contributed by atoms with E-state index in [4.69, 9.17) is 0 Å². The van der Waals surface area contributed by atoms with Gasteiger partial charge in [0.05, 0.1) is 0 Å². The van der Waals surface area contributed by atoms with Crippen molar-refractivity contribution >= 4 is 14.5 Å². The first kappa shape index (κ1) is 10.7. The molecule has 1 rings (SSSR count). The fraction of sp³-hybridized carbons (Fsp3) is 0.500. The van der Waals surface area contributed by atoms with Gasteiger partial charge in [-0.25, -0.2) is 0 Å². The summed E-state index contributed by atoms with van der Waals surface area (Å²) in [5, 5.41) is 1.28. The smallest absolute Gasteiger partial charge is 0.0127 e. The Morgan fingerprint density at radius 1 is 1.00 bits per heavy atom. The highest BCUT2D eigenvalue weighted by atomic mass is 31.0. The number of benzene rings is 1. The Balaban J connectivity index is 3.38. The van der Waals surface area contributed by atoms with Crippen molar-refractivity contribution in [2.24, 2.45) is 0 Å². The molecule has 0 fully saturated rings. The van der Waals surface area contributed by atoms with Gasteiger partial charge in [-0.05, 0) is 41.3 Å². The molecule has 0 heterocycles. The monoisotopic (exact) mass is 194 g/mol. The second kappa shape index (κ2) is 3.42. The molecule has 0 amide bonds. The third-order valence-electron chi connectivity index (χ3n) is 2.31. The van der Waals surface area contributed by atoms with Gasteiger partial charge in [0, 0.05) is 0 Å². The third-order valence-corrected chi connectivity index (χ3v) is 2.64. The molecule has 1 unspecified atom stereocenters. The Hall–Kier alpha value is -0.350. The van der Waals surface area contributed by atoms with Crippen LogP contribution in [-0.4, -0.2) is 0 Å². The standard InChI is InChI=1S/C12H19P/c1-8-6-10(13)7-9(2)11(8)12(3,4)5/h6-7H,13H2,1-5H3. The molecule has 0 saturated heterocycles. The quantitative estimate of drug-likeness (QED) is 0.557. The van der Waals surface area contributed by atoms with Gasteiger partial charge in [0.2, 0.25) is 0 Å². The molecule has 1 atom stereocenters. The van der Waals surface area contributed by atoms with Crippen LogP contribution in [0.5, 0.6) is 0 Å². The predicted molar refractivity (Wildman–Crippen MR) is 64.0 cm³/mol. The van der Waals surface area contributed by atoms with Crippen molar-refractivity contribution < 1.29 is 0 Å². The Bertz CT molecular complexity index is 295. The zero-order chi connectivity index (χ0) is 10.2. The van der Waals surface area contributed by atoms with Crippen molar-refractivity contribution in [3.63, 3.8) is 0 Å². The van der Waals surface area contributed by atoms with Gasteiger partial charge < -0.3 is 0 Å². The van der Waals surface area contributed by atoms with Crippen LogP contribution in [0, 0.1) is 13.8 Å². The molecule has 1 heteroatoms. The Morgan fingerprint density at radius 2 is 1.38 bits per heavy atom. The van der Waals surface area contributed by atoms with Crippen LogP contribution < -0.4 is 5.30 Å². The summed E-state index contributed by atoms with van der Waals surface area (Å²) in [6.45, 7) is 11.2. The summed E-state index contributed by atoms with van der Waals surface area (Å²) >= 11 is 0. The van der Waals surface area contributed by atoms with Crippen LogP contribution in [-0.2, 0) is 5.41 Å². The van der Waals surface area contributed by atoms with E-state index in [0.717, 1.165) is 0 Å². The number of rotatable bonds is 0. The van der Waals surface area contributed by atoms with E-state index in [9.17, 15) is 0 Å². The molecule has 0 aliphatic carbocycles. The Kier molecular flexibility index (Phi) is 2.82. The summed E-state index contributed by atoms with van der Waals surface area (Å²) in [5.41, 5.74) is 4.54. The second-order valence-electron chi connectivity index (χ2n) is 4.78.